The summed E-state index contributed by atoms with van der Waals surface area (Å²) in [4.78, 5) is 44.6. The molecule has 3 aromatic heterocycles. The molecule has 12 nitrogen and oxygen atoms in total. The lowest BCUT2D eigenvalue weighted by atomic mass is 9.96. The van der Waals surface area contributed by atoms with Crippen LogP contribution in [0.5, 0.6) is 11.5 Å². The molecule has 0 unspecified atom stereocenters. The number of anilines is 1. The fourth-order valence-electron chi connectivity index (χ4n) is 2.73. The maximum absolute atomic E-state index is 12.1. The van der Waals surface area contributed by atoms with Gasteiger partial charge in [0.05, 0.1) is 23.0 Å². The van der Waals surface area contributed by atoms with Crippen LogP contribution in [0.2, 0.25) is 0 Å². The minimum atomic E-state index is -0.699. The smallest absolute Gasteiger partial charge is 0.327 e. The molecule has 0 aliphatic heterocycles. The van der Waals surface area contributed by atoms with E-state index in [-0.39, 0.29) is 18.5 Å². The number of ether oxygens (including phenoxy) is 2. The Labute approximate surface area is 214 Å². The van der Waals surface area contributed by atoms with Crippen molar-refractivity contribution in [2.45, 2.75) is 55.2 Å². The number of amides is 3. The van der Waals surface area contributed by atoms with E-state index in [1.54, 1.807) is 85.1 Å². The second kappa shape index (κ2) is 10.7. The van der Waals surface area contributed by atoms with Crippen LogP contribution in [-0.2, 0) is 21.1 Å². The average molecular weight is 510 g/mol. The summed E-state index contributed by atoms with van der Waals surface area (Å²) < 4.78 is 12.6. The second-order valence-corrected chi connectivity index (χ2v) is 10.4. The van der Waals surface area contributed by atoms with E-state index >= 15 is 0 Å². The van der Waals surface area contributed by atoms with Crippen LogP contribution in [0.1, 0.15) is 47.2 Å². The number of nitrogens with zero attached hydrogens (tertiary/aromatic N) is 5. The molecule has 196 valence electrons. The molecule has 0 saturated carbocycles. The summed E-state index contributed by atoms with van der Waals surface area (Å²) >= 11 is 0. The Morgan fingerprint density at radius 1 is 1.00 bits per heavy atom. The number of imide groups is 1. The van der Waals surface area contributed by atoms with Gasteiger partial charge in [0.2, 0.25) is 5.91 Å². The Bertz CT molecular complexity index is 1310. The third-order valence-corrected chi connectivity index (χ3v) is 4.89. The molecule has 0 aliphatic rings. The first-order valence-corrected chi connectivity index (χ1v) is 11.5. The largest absolute Gasteiger partial charge is 0.455 e. The number of nitrogens with one attached hydrogen (secondary N) is 2. The number of aryl methyl sites for hydroxylation is 1. The predicted octanol–water partition coefficient (Wildman–Crippen LogP) is 4.08. The molecule has 3 rings (SSSR count). The Kier molecular flexibility index (Phi) is 7.90. The van der Waals surface area contributed by atoms with Gasteiger partial charge in [0.15, 0.2) is 6.73 Å². The molecule has 3 heterocycles. The van der Waals surface area contributed by atoms with Crippen LogP contribution < -0.4 is 15.4 Å². The molecule has 0 saturated heterocycles. The third kappa shape index (κ3) is 7.56. The van der Waals surface area contributed by atoms with E-state index in [0.29, 0.717) is 28.6 Å². The minimum Gasteiger partial charge on any atom is -0.455 e. The Hall–Kier alpha value is -4.35. The summed E-state index contributed by atoms with van der Waals surface area (Å²) in [6, 6.07) is 5.92. The van der Waals surface area contributed by atoms with Crippen molar-refractivity contribution in [1.29, 1.82) is 0 Å². The SMILES string of the molecule is Cc1nc(NC(=O)NC(=O)C(C)(C)C)ccc1Oc1ccnc(-c2cn(COC(=O)C(C)(C)C)nn2)c1. The van der Waals surface area contributed by atoms with Crippen LogP contribution in [0.3, 0.4) is 0 Å². The van der Waals surface area contributed by atoms with Gasteiger partial charge in [-0.05, 0) is 45.9 Å². The van der Waals surface area contributed by atoms with Crippen LogP contribution in [-0.4, -0.2) is 42.9 Å². The van der Waals surface area contributed by atoms with Crippen LogP contribution in [0.4, 0.5) is 10.6 Å². The van der Waals surface area contributed by atoms with Crippen LogP contribution in [0.25, 0.3) is 11.4 Å². The van der Waals surface area contributed by atoms with Crippen LogP contribution in [0.15, 0.2) is 36.7 Å². The van der Waals surface area contributed by atoms with Crippen molar-refractivity contribution in [2.75, 3.05) is 5.32 Å². The van der Waals surface area contributed by atoms with Gasteiger partial charge in [-0.1, -0.05) is 26.0 Å². The molecule has 0 bridgehead atoms. The molecule has 0 aliphatic carbocycles. The van der Waals surface area contributed by atoms with E-state index in [4.69, 9.17) is 9.47 Å². The monoisotopic (exact) mass is 509 g/mol. The molecule has 2 N–H and O–H groups in total. The van der Waals surface area contributed by atoms with Crippen LogP contribution >= 0.6 is 0 Å². The third-order valence-electron chi connectivity index (χ3n) is 4.89. The van der Waals surface area contributed by atoms with E-state index < -0.39 is 22.8 Å². The zero-order valence-corrected chi connectivity index (χ0v) is 21.9. The van der Waals surface area contributed by atoms with Gasteiger partial charge in [-0.15, -0.1) is 5.10 Å². The van der Waals surface area contributed by atoms with Crippen molar-refractivity contribution in [1.82, 2.24) is 30.3 Å². The standard InChI is InChI=1S/C25H31N7O5/c1-15-19(8-9-20(27-15)28-23(35)29-21(33)24(2,3)4)37-16-10-11-26-17(12-16)18-13-32(31-30-18)14-36-22(34)25(5,6)7/h8-13H,14H2,1-7H3,(H2,27,28,29,33,35). The molecular formula is C25H31N7O5. The molecule has 0 radical (unpaired) electrons. The highest BCUT2D eigenvalue weighted by molar-refractivity contribution is 6.02. The zero-order chi connectivity index (χ0) is 27.4. The molecule has 37 heavy (non-hydrogen) atoms. The summed E-state index contributed by atoms with van der Waals surface area (Å²) in [6.07, 6.45) is 3.18. The zero-order valence-electron chi connectivity index (χ0n) is 21.9. The highest BCUT2D eigenvalue weighted by atomic mass is 16.5. The lowest BCUT2D eigenvalue weighted by Crippen LogP contribution is -2.41. The van der Waals surface area contributed by atoms with Crippen molar-refractivity contribution >= 4 is 23.7 Å². The van der Waals surface area contributed by atoms with Gasteiger partial charge < -0.3 is 9.47 Å². The van der Waals surface area contributed by atoms with E-state index in [9.17, 15) is 14.4 Å². The van der Waals surface area contributed by atoms with E-state index in [0.717, 1.165) is 0 Å². The first kappa shape index (κ1) is 27.2. The van der Waals surface area contributed by atoms with Gasteiger partial charge in [0, 0.05) is 17.7 Å². The highest BCUT2D eigenvalue weighted by Crippen LogP contribution is 2.27. The van der Waals surface area contributed by atoms with Crippen molar-refractivity contribution in [3.05, 3.63) is 42.4 Å². The van der Waals surface area contributed by atoms with Gasteiger partial charge >= 0.3 is 12.0 Å². The molecule has 3 amide bonds. The fraction of sp³-hybridized carbons (Fsp3) is 0.400. The lowest BCUT2D eigenvalue weighted by molar-refractivity contribution is -0.157. The van der Waals surface area contributed by atoms with Gasteiger partial charge in [0.25, 0.3) is 0 Å². The minimum absolute atomic E-state index is 0.0626. The average Bonchev–Trinajstić information content (AvgIpc) is 3.27. The van der Waals surface area contributed by atoms with Gasteiger partial charge in [-0.2, -0.15) is 0 Å². The highest BCUT2D eigenvalue weighted by Gasteiger charge is 2.24. The number of carbonyl (C=O) groups excluding carboxylic acids is 3. The molecular weight excluding hydrogens is 478 g/mol. The van der Waals surface area contributed by atoms with Gasteiger partial charge in [0.1, 0.15) is 23.0 Å². The number of urea groups is 1. The molecule has 0 atom stereocenters. The van der Waals surface area contributed by atoms with Crippen molar-refractivity contribution < 1.29 is 23.9 Å². The van der Waals surface area contributed by atoms with Crippen LogP contribution in [0, 0.1) is 17.8 Å². The Morgan fingerprint density at radius 3 is 2.38 bits per heavy atom. The molecule has 0 aromatic carbocycles. The van der Waals surface area contributed by atoms with Crippen molar-refractivity contribution in [3.8, 4) is 22.9 Å². The van der Waals surface area contributed by atoms with Gasteiger partial charge in [-0.25, -0.2) is 14.5 Å². The fourth-order valence-corrected chi connectivity index (χ4v) is 2.73. The Morgan fingerprint density at radius 2 is 1.73 bits per heavy atom. The topological polar surface area (TPSA) is 150 Å². The molecule has 0 spiro atoms. The summed E-state index contributed by atoms with van der Waals surface area (Å²) in [6.45, 7) is 12.1. The summed E-state index contributed by atoms with van der Waals surface area (Å²) in [5.41, 5.74) is 0.187. The Balaban J connectivity index is 1.65. The van der Waals surface area contributed by atoms with E-state index in [2.05, 4.69) is 30.9 Å². The van der Waals surface area contributed by atoms with Crippen molar-refractivity contribution in [3.63, 3.8) is 0 Å². The van der Waals surface area contributed by atoms with Crippen molar-refractivity contribution in [2.24, 2.45) is 10.8 Å². The number of esters is 1. The lowest BCUT2D eigenvalue weighted by Gasteiger charge is -2.17. The first-order valence-electron chi connectivity index (χ1n) is 11.5. The van der Waals surface area contributed by atoms with E-state index in [1.807, 2.05) is 0 Å². The summed E-state index contributed by atoms with van der Waals surface area (Å²) in [5.74, 6) is 0.469. The maximum atomic E-state index is 12.1. The second-order valence-electron chi connectivity index (χ2n) is 10.4. The number of carbonyl (C=O) groups is 3. The predicted molar refractivity (Wildman–Crippen MR) is 134 cm³/mol. The van der Waals surface area contributed by atoms with E-state index in [1.165, 1.54) is 4.68 Å². The quantitative estimate of drug-likeness (QED) is 0.469. The number of pyridine rings is 2. The number of rotatable bonds is 6. The summed E-state index contributed by atoms with van der Waals surface area (Å²) in [7, 11) is 0. The number of hydrogen-bond acceptors (Lipinski definition) is 9. The van der Waals surface area contributed by atoms with Gasteiger partial charge in [-0.3, -0.25) is 25.2 Å². The first-order chi connectivity index (χ1) is 17.2. The number of hydrogen-bond donors (Lipinski definition) is 2. The maximum Gasteiger partial charge on any atom is 0.327 e. The number of aromatic nitrogens is 5. The molecule has 0 fully saturated rings. The molecule has 12 heteroatoms. The summed E-state index contributed by atoms with van der Waals surface area (Å²) in [5, 5.41) is 12.9. The molecule has 3 aromatic rings. The normalized spacial score (nSPS) is 11.5.